The van der Waals surface area contributed by atoms with Gasteiger partial charge >= 0.3 is 0 Å². The second-order valence-electron chi connectivity index (χ2n) is 3.84. The van der Waals surface area contributed by atoms with Crippen LogP contribution >= 0.6 is 0 Å². The van der Waals surface area contributed by atoms with Crippen LogP contribution in [0.1, 0.15) is 19.3 Å². The van der Waals surface area contributed by atoms with Crippen molar-refractivity contribution in [2.45, 2.75) is 31.4 Å². The molecule has 0 saturated heterocycles. The molecule has 2 unspecified atom stereocenters. The molecule has 2 atom stereocenters. The fourth-order valence-electron chi connectivity index (χ4n) is 1.96. The number of rotatable bonds is 8. The molecule has 90 valence electrons. The minimum absolute atomic E-state index is 0.376. The molecule has 0 aromatic carbocycles. The molecule has 1 fully saturated rings. The summed E-state index contributed by atoms with van der Waals surface area (Å²) in [5, 5.41) is 3.29. The van der Waals surface area contributed by atoms with Crippen LogP contribution in [-0.2, 0) is 14.2 Å². The number of ether oxygens (including phenoxy) is 3. The van der Waals surface area contributed by atoms with Crippen molar-refractivity contribution in [3.05, 3.63) is 0 Å². The Kier molecular flexibility index (Phi) is 6.92. The van der Waals surface area contributed by atoms with E-state index < -0.39 is 0 Å². The summed E-state index contributed by atoms with van der Waals surface area (Å²) in [5.41, 5.74) is 0. The van der Waals surface area contributed by atoms with Crippen LogP contribution in [0.5, 0.6) is 0 Å². The molecule has 1 rings (SSSR count). The smallest absolute Gasteiger partial charge is 0.0729 e. The fourth-order valence-corrected chi connectivity index (χ4v) is 1.96. The summed E-state index contributed by atoms with van der Waals surface area (Å²) < 4.78 is 16.0. The van der Waals surface area contributed by atoms with Gasteiger partial charge in [-0.05, 0) is 26.3 Å². The molecule has 0 heterocycles. The highest BCUT2D eigenvalue weighted by atomic mass is 16.5. The molecule has 1 N–H and O–H groups in total. The Labute approximate surface area is 92.3 Å². The molecule has 15 heavy (non-hydrogen) atoms. The first-order chi connectivity index (χ1) is 7.38. The van der Waals surface area contributed by atoms with Crippen molar-refractivity contribution in [2.24, 2.45) is 0 Å². The van der Waals surface area contributed by atoms with Gasteiger partial charge in [0.2, 0.25) is 0 Å². The summed E-state index contributed by atoms with van der Waals surface area (Å²) in [6.07, 6.45) is 4.04. The van der Waals surface area contributed by atoms with Crippen LogP contribution in [0.4, 0.5) is 0 Å². The Morgan fingerprint density at radius 2 is 1.93 bits per heavy atom. The zero-order valence-electron chi connectivity index (χ0n) is 9.83. The van der Waals surface area contributed by atoms with Crippen molar-refractivity contribution in [1.29, 1.82) is 0 Å². The summed E-state index contributed by atoms with van der Waals surface area (Å²) in [6.45, 7) is 2.66. The van der Waals surface area contributed by atoms with E-state index in [4.69, 9.17) is 14.2 Å². The highest BCUT2D eigenvalue weighted by Crippen LogP contribution is 2.21. The van der Waals surface area contributed by atoms with Gasteiger partial charge in [-0.25, -0.2) is 0 Å². The van der Waals surface area contributed by atoms with Crippen molar-refractivity contribution in [3.8, 4) is 0 Å². The molecule has 0 bridgehead atoms. The second kappa shape index (κ2) is 8.05. The standard InChI is InChI=1S/C11H23NO3/c1-12-10-4-3-5-11(10)15-9-8-14-7-6-13-2/h10-12H,3-9H2,1-2H3. The first-order valence-electron chi connectivity index (χ1n) is 5.74. The number of hydrogen-bond acceptors (Lipinski definition) is 4. The lowest BCUT2D eigenvalue weighted by atomic mass is 10.2. The van der Waals surface area contributed by atoms with E-state index in [9.17, 15) is 0 Å². The van der Waals surface area contributed by atoms with Crippen LogP contribution < -0.4 is 5.32 Å². The van der Waals surface area contributed by atoms with Crippen LogP contribution in [0.15, 0.2) is 0 Å². The van der Waals surface area contributed by atoms with E-state index in [1.165, 1.54) is 19.3 Å². The lowest BCUT2D eigenvalue weighted by Crippen LogP contribution is -2.35. The number of hydrogen-bond donors (Lipinski definition) is 1. The van der Waals surface area contributed by atoms with E-state index in [0.717, 1.165) is 0 Å². The van der Waals surface area contributed by atoms with Crippen molar-refractivity contribution < 1.29 is 14.2 Å². The second-order valence-corrected chi connectivity index (χ2v) is 3.84. The predicted molar refractivity (Wildman–Crippen MR) is 59.1 cm³/mol. The van der Waals surface area contributed by atoms with E-state index in [2.05, 4.69) is 5.32 Å². The van der Waals surface area contributed by atoms with Crippen molar-refractivity contribution in [2.75, 3.05) is 40.6 Å². The Hall–Kier alpha value is -0.160. The fraction of sp³-hybridized carbons (Fsp3) is 1.00. The SMILES string of the molecule is CNC1CCCC1OCCOCCOC. The summed E-state index contributed by atoms with van der Waals surface area (Å²) in [6, 6.07) is 0.531. The molecule has 4 nitrogen and oxygen atoms in total. The van der Waals surface area contributed by atoms with Gasteiger partial charge in [0.15, 0.2) is 0 Å². The maximum absolute atomic E-state index is 5.76. The average Bonchev–Trinajstić information content (AvgIpc) is 2.70. The van der Waals surface area contributed by atoms with Crippen LogP contribution in [0.2, 0.25) is 0 Å². The highest BCUT2D eigenvalue weighted by Gasteiger charge is 2.25. The molecule has 0 amide bonds. The third kappa shape index (κ3) is 4.93. The van der Waals surface area contributed by atoms with E-state index >= 15 is 0 Å². The van der Waals surface area contributed by atoms with Gasteiger partial charge in [0.1, 0.15) is 0 Å². The van der Waals surface area contributed by atoms with E-state index in [-0.39, 0.29) is 0 Å². The molecule has 1 saturated carbocycles. The summed E-state index contributed by atoms with van der Waals surface area (Å²) in [4.78, 5) is 0. The Balaban J connectivity index is 1.95. The van der Waals surface area contributed by atoms with Gasteiger partial charge in [0.25, 0.3) is 0 Å². The maximum atomic E-state index is 5.76. The first kappa shape index (κ1) is 12.9. The molecular weight excluding hydrogens is 194 g/mol. The largest absolute Gasteiger partial charge is 0.382 e. The number of methoxy groups -OCH3 is 1. The summed E-state index contributed by atoms with van der Waals surface area (Å²) in [5.74, 6) is 0. The molecule has 0 spiro atoms. The molecule has 0 radical (unpaired) electrons. The van der Waals surface area contributed by atoms with Crippen molar-refractivity contribution >= 4 is 0 Å². The van der Waals surface area contributed by atoms with Gasteiger partial charge in [-0.2, -0.15) is 0 Å². The minimum Gasteiger partial charge on any atom is -0.382 e. The summed E-state index contributed by atoms with van der Waals surface area (Å²) in [7, 11) is 3.68. The van der Waals surface area contributed by atoms with E-state index in [1.807, 2.05) is 7.05 Å². The van der Waals surface area contributed by atoms with Gasteiger partial charge in [-0.1, -0.05) is 0 Å². The maximum Gasteiger partial charge on any atom is 0.0729 e. The molecule has 0 aromatic heterocycles. The zero-order chi connectivity index (χ0) is 10.9. The van der Waals surface area contributed by atoms with Crippen LogP contribution in [0, 0.1) is 0 Å². The Morgan fingerprint density at radius 3 is 2.67 bits per heavy atom. The van der Waals surface area contributed by atoms with Crippen LogP contribution in [0.3, 0.4) is 0 Å². The lowest BCUT2D eigenvalue weighted by Gasteiger charge is -2.19. The van der Waals surface area contributed by atoms with Crippen molar-refractivity contribution in [3.63, 3.8) is 0 Å². The van der Waals surface area contributed by atoms with Gasteiger partial charge in [-0.3, -0.25) is 0 Å². The minimum atomic E-state index is 0.376. The van der Waals surface area contributed by atoms with E-state index in [1.54, 1.807) is 7.11 Å². The predicted octanol–water partition coefficient (Wildman–Crippen LogP) is 0.806. The molecule has 1 aliphatic carbocycles. The van der Waals surface area contributed by atoms with Gasteiger partial charge in [0, 0.05) is 13.2 Å². The van der Waals surface area contributed by atoms with Gasteiger partial charge < -0.3 is 19.5 Å². The van der Waals surface area contributed by atoms with E-state index in [0.29, 0.717) is 38.6 Å². The normalized spacial score (nSPS) is 26.0. The topological polar surface area (TPSA) is 39.7 Å². The average molecular weight is 217 g/mol. The van der Waals surface area contributed by atoms with Crippen LogP contribution in [0.25, 0.3) is 0 Å². The van der Waals surface area contributed by atoms with Gasteiger partial charge in [-0.15, -0.1) is 0 Å². The third-order valence-electron chi connectivity index (χ3n) is 2.81. The molecule has 0 aliphatic heterocycles. The highest BCUT2D eigenvalue weighted by molar-refractivity contribution is 4.82. The third-order valence-corrected chi connectivity index (χ3v) is 2.81. The Morgan fingerprint density at radius 1 is 1.13 bits per heavy atom. The van der Waals surface area contributed by atoms with Gasteiger partial charge in [0.05, 0.1) is 32.5 Å². The van der Waals surface area contributed by atoms with Crippen LogP contribution in [-0.4, -0.2) is 52.7 Å². The lowest BCUT2D eigenvalue weighted by molar-refractivity contribution is -0.0115. The molecule has 1 aliphatic rings. The first-order valence-corrected chi connectivity index (χ1v) is 5.74. The Bertz CT molecular complexity index is 155. The molecule has 4 heteroatoms. The monoisotopic (exact) mass is 217 g/mol. The quantitative estimate of drug-likeness (QED) is 0.611. The van der Waals surface area contributed by atoms with Crippen molar-refractivity contribution in [1.82, 2.24) is 5.32 Å². The zero-order valence-corrected chi connectivity index (χ0v) is 9.83. The molecule has 0 aromatic rings. The summed E-state index contributed by atoms with van der Waals surface area (Å²) >= 11 is 0. The number of nitrogens with one attached hydrogen (secondary N) is 1. The molecular formula is C11H23NO3. The number of likely N-dealkylation sites (N-methyl/N-ethyl adjacent to an activating group) is 1.